The standard InChI is InChI=1S/C20H28N4O2/c1-13-4-5-19(14(2)10-13)26-12-16(25)11-22-20-17-6-8-21-9-7-18(17)23-15(3)24-20/h4-5,10,16,21,25H,6-9,11-12H2,1-3H3,(H,22,23,24)/t16-/m1/s1. The lowest BCUT2D eigenvalue weighted by atomic mass is 10.1. The van der Waals surface area contributed by atoms with Crippen molar-refractivity contribution in [3.05, 3.63) is 46.4 Å². The van der Waals surface area contributed by atoms with E-state index in [2.05, 4.69) is 33.6 Å². The molecular weight excluding hydrogens is 328 g/mol. The molecular formula is C20H28N4O2. The summed E-state index contributed by atoms with van der Waals surface area (Å²) in [6.45, 7) is 8.47. The molecule has 0 aliphatic carbocycles. The predicted octanol–water partition coefficient (Wildman–Crippen LogP) is 1.94. The molecule has 2 aromatic rings. The molecule has 0 unspecified atom stereocenters. The van der Waals surface area contributed by atoms with Crippen molar-refractivity contribution in [2.24, 2.45) is 0 Å². The molecule has 1 aromatic heterocycles. The first-order chi connectivity index (χ1) is 12.5. The lowest BCUT2D eigenvalue weighted by Gasteiger charge is -2.17. The van der Waals surface area contributed by atoms with Crippen LogP contribution in [0.15, 0.2) is 18.2 Å². The largest absolute Gasteiger partial charge is 0.491 e. The third-order valence-corrected chi connectivity index (χ3v) is 4.56. The minimum atomic E-state index is -0.620. The second kappa shape index (κ2) is 8.47. The number of aliphatic hydroxyl groups is 1. The van der Waals surface area contributed by atoms with E-state index in [1.54, 1.807) is 0 Å². The van der Waals surface area contributed by atoms with Crippen molar-refractivity contribution in [1.29, 1.82) is 0 Å². The van der Waals surface area contributed by atoms with Gasteiger partial charge in [-0.3, -0.25) is 0 Å². The molecule has 2 heterocycles. The molecule has 6 heteroatoms. The van der Waals surface area contributed by atoms with Crippen molar-refractivity contribution >= 4 is 5.82 Å². The van der Waals surface area contributed by atoms with Gasteiger partial charge in [-0.25, -0.2) is 9.97 Å². The molecule has 1 atom stereocenters. The molecule has 0 saturated heterocycles. The summed E-state index contributed by atoms with van der Waals surface area (Å²) < 4.78 is 5.77. The van der Waals surface area contributed by atoms with E-state index in [4.69, 9.17) is 4.74 Å². The molecule has 140 valence electrons. The fourth-order valence-electron chi connectivity index (χ4n) is 3.24. The van der Waals surface area contributed by atoms with Gasteiger partial charge in [0.05, 0.1) is 5.69 Å². The van der Waals surface area contributed by atoms with Crippen LogP contribution in [0, 0.1) is 20.8 Å². The number of nitrogens with zero attached hydrogens (tertiary/aromatic N) is 2. The van der Waals surface area contributed by atoms with Crippen LogP contribution in [0.5, 0.6) is 5.75 Å². The van der Waals surface area contributed by atoms with Crippen LogP contribution in [0.3, 0.4) is 0 Å². The van der Waals surface area contributed by atoms with Crippen LogP contribution >= 0.6 is 0 Å². The van der Waals surface area contributed by atoms with Gasteiger partial charge < -0.3 is 20.5 Å². The van der Waals surface area contributed by atoms with Crippen molar-refractivity contribution in [2.45, 2.75) is 39.7 Å². The average Bonchev–Trinajstić information content (AvgIpc) is 2.84. The number of rotatable bonds is 6. The van der Waals surface area contributed by atoms with Crippen LogP contribution < -0.4 is 15.4 Å². The van der Waals surface area contributed by atoms with Gasteiger partial charge in [-0.05, 0) is 45.4 Å². The van der Waals surface area contributed by atoms with Crippen LogP contribution in [0.2, 0.25) is 0 Å². The van der Waals surface area contributed by atoms with E-state index in [-0.39, 0.29) is 6.61 Å². The van der Waals surface area contributed by atoms with Gasteiger partial charge in [0.1, 0.15) is 30.1 Å². The summed E-state index contributed by atoms with van der Waals surface area (Å²) in [7, 11) is 0. The Balaban J connectivity index is 1.59. The molecule has 3 N–H and O–H groups in total. The summed E-state index contributed by atoms with van der Waals surface area (Å²) in [5, 5.41) is 17.0. The summed E-state index contributed by atoms with van der Waals surface area (Å²) >= 11 is 0. The number of nitrogens with one attached hydrogen (secondary N) is 2. The predicted molar refractivity (Wildman–Crippen MR) is 103 cm³/mol. The van der Waals surface area contributed by atoms with E-state index in [9.17, 15) is 5.11 Å². The van der Waals surface area contributed by atoms with Crippen LogP contribution in [0.1, 0.15) is 28.2 Å². The Morgan fingerprint density at radius 1 is 1.19 bits per heavy atom. The number of benzene rings is 1. The van der Waals surface area contributed by atoms with Crippen LogP contribution in [-0.2, 0) is 12.8 Å². The highest BCUT2D eigenvalue weighted by molar-refractivity contribution is 5.47. The van der Waals surface area contributed by atoms with Crippen LogP contribution in [0.4, 0.5) is 5.82 Å². The van der Waals surface area contributed by atoms with Crippen molar-refractivity contribution in [3.8, 4) is 5.75 Å². The summed E-state index contributed by atoms with van der Waals surface area (Å²) in [6.07, 6.45) is 1.18. The maximum atomic E-state index is 10.3. The molecule has 26 heavy (non-hydrogen) atoms. The second-order valence-electron chi connectivity index (χ2n) is 6.91. The fourth-order valence-corrected chi connectivity index (χ4v) is 3.24. The maximum Gasteiger partial charge on any atom is 0.133 e. The minimum absolute atomic E-state index is 0.241. The first-order valence-corrected chi connectivity index (χ1v) is 9.22. The molecule has 0 radical (unpaired) electrons. The van der Waals surface area contributed by atoms with Crippen LogP contribution in [0.25, 0.3) is 0 Å². The number of aryl methyl sites for hydroxylation is 3. The number of aliphatic hydroxyl groups excluding tert-OH is 1. The van der Waals surface area contributed by atoms with Gasteiger partial charge in [0.25, 0.3) is 0 Å². The Hall–Kier alpha value is -2.18. The molecule has 0 bridgehead atoms. The van der Waals surface area contributed by atoms with Gasteiger partial charge in [0.15, 0.2) is 0 Å². The van der Waals surface area contributed by atoms with Crippen LogP contribution in [-0.4, -0.2) is 47.4 Å². The topological polar surface area (TPSA) is 79.3 Å². The smallest absolute Gasteiger partial charge is 0.133 e. The van der Waals surface area contributed by atoms with Crippen molar-refractivity contribution in [2.75, 3.05) is 31.6 Å². The number of ether oxygens (including phenoxy) is 1. The number of anilines is 1. The average molecular weight is 356 g/mol. The first-order valence-electron chi connectivity index (χ1n) is 9.22. The van der Waals surface area contributed by atoms with E-state index in [0.29, 0.717) is 6.54 Å². The summed E-state index contributed by atoms with van der Waals surface area (Å²) in [5.74, 6) is 2.41. The second-order valence-corrected chi connectivity index (χ2v) is 6.91. The number of hydrogen-bond acceptors (Lipinski definition) is 6. The highest BCUT2D eigenvalue weighted by Gasteiger charge is 2.16. The molecule has 1 aromatic carbocycles. The number of hydrogen-bond donors (Lipinski definition) is 3. The van der Waals surface area contributed by atoms with Gasteiger partial charge in [0.2, 0.25) is 0 Å². The van der Waals surface area contributed by atoms with Crippen molar-refractivity contribution < 1.29 is 9.84 Å². The summed E-state index contributed by atoms with van der Waals surface area (Å²) in [6, 6.07) is 6.04. The SMILES string of the molecule is Cc1ccc(OC[C@H](O)CNc2nc(C)nc3c2CCNCC3)c(C)c1. The fraction of sp³-hybridized carbons (Fsp3) is 0.500. The number of fused-ring (bicyclic) bond motifs is 1. The molecule has 3 rings (SSSR count). The summed E-state index contributed by atoms with van der Waals surface area (Å²) in [4.78, 5) is 9.12. The Morgan fingerprint density at radius 3 is 2.81 bits per heavy atom. The molecule has 0 spiro atoms. The minimum Gasteiger partial charge on any atom is -0.491 e. The van der Waals surface area contributed by atoms with Gasteiger partial charge in [-0.15, -0.1) is 0 Å². The third-order valence-electron chi connectivity index (χ3n) is 4.56. The monoisotopic (exact) mass is 356 g/mol. The molecule has 6 nitrogen and oxygen atoms in total. The molecule has 0 saturated carbocycles. The van der Waals surface area contributed by atoms with Gasteiger partial charge in [-0.1, -0.05) is 17.7 Å². The van der Waals surface area contributed by atoms with Gasteiger partial charge in [0, 0.05) is 25.1 Å². The zero-order chi connectivity index (χ0) is 18.5. The molecule has 0 fully saturated rings. The van der Waals surface area contributed by atoms with E-state index in [1.807, 2.05) is 26.0 Å². The summed E-state index contributed by atoms with van der Waals surface area (Å²) in [5.41, 5.74) is 4.54. The normalized spacial score (nSPS) is 15.1. The third kappa shape index (κ3) is 4.71. The highest BCUT2D eigenvalue weighted by atomic mass is 16.5. The maximum absolute atomic E-state index is 10.3. The Labute approximate surface area is 155 Å². The number of aromatic nitrogens is 2. The van der Waals surface area contributed by atoms with Crippen molar-refractivity contribution in [1.82, 2.24) is 15.3 Å². The lowest BCUT2D eigenvalue weighted by Crippen LogP contribution is -2.27. The molecule has 1 aliphatic heterocycles. The Kier molecular flexibility index (Phi) is 6.06. The zero-order valence-electron chi connectivity index (χ0n) is 15.8. The Bertz CT molecular complexity index is 764. The first kappa shape index (κ1) is 18.6. The molecule has 1 aliphatic rings. The quantitative estimate of drug-likeness (QED) is 0.734. The van der Waals surface area contributed by atoms with Gasteiger partial charge >= 0.3 is 0 Å². The molecule has 0 amide bonds. The van der Waals surface area contributed by atoms with E-state index in [0.717, 1.165) is 60.1 Å². The van der Waals surface area contributed by atoms with E-state index in [1.165, 1.54) is 5.56 Å². The van der Waals surface area contributed by atoms with E-state index >= 15 is 0 Å². The van der Waals surface area contributed by atoms with Gasteiger partial charge in [-0.2, -0.15) is 0 Å². The zero-order valence-corrected chi connectivity index (χ0v) is 15.8. The lowest BCUT2D eigenvalue weighted by molar-refractivity contribution is 0.117. The Morgan fingerprint density at radius 2 is 2.00 bits per heavy atom. The highest BCUT2D eigenvalue weighted by Crippen LogP contribution is 2.20. The van der Waals surface area contributed by atoms with E-state index < -0.39 is 6.10 Å². The van der Waals surface area contributed by atoms with Crippen molar-refractivity contribution in [3.63, 3.8) is 0 Å².